The SMILES string of the molecule is COc1cc(CN)cc(OC)c1F. The lowest BCUT2D eigenvalue weighted by Crippen LogP contribution is -2.00. The van der Waals surface area contributed by atoms with Gasteiger partial charge in [-0.15, -0.1) is 0 Å². The fourth-order valence-corrected chi connectivity index (χ4v) is 1.04. The third kappa shape index (κ3) is 1.89. The molecule has 4 heteroatoms. The van der Waals surface area contributed by atoms with Crippen molar-refractivity contribution in [1.82, 2.24) is 0 Å². The van der Waals surface area contributed by atoms with Crippen LogP contribution in [0.25, 0.3) is 0 Å². The Kier molecular flexibility index (Phi) is 3.08. The van der Waals surface area contributed by atoms with Gasteiger partial charge >= 0.3 is 0 Å². The van der Waals surface area contributed by atoms with E-state index < -0.39 is 5.82 Å². The van der Waals surface area contributed by atoms with Crippen molar-refractivity contribution < 1.29 is 13.9 Å². The van der Waals surface area contributed by atoms with Gasteiger partial charge in [0.05, 0.1) is 14.2 Å². The zero-order valence-corrected chi connectivity index (χ0v) is 7.63. The van der Waals surface area contributed by atoms with Crippen molar-refractivity contribution in [2.24, 2.45) is 5.73 Å². The molecule has 0 radical (unpaired) electrons. The van der Waals surface area contributed by atoms with Crippen LogP contribution in [-0.4, -0.2) is 14.2 Å². The van der Waals surface area contributed by atoms with Crippen LogP contribution >= 0.6 is 0 Å². The minimum absolute atomic E-state index is 0.153. The molecule has 0 aromatic heterocycles. The van der Waals surface area contributed by atoms with Crippen molar-refractivity contribution in [3.63, 3.8) is 0 Å². The summed E-state index contributed by atoms with van der Waals surface area (Å²) in [6, 6.07) is 3.11. The van der Waals surface area contributed by atoms with E-state index in [4.69, 9.17) is 15.2 Å². The Morgan fingerprint density at radius 3 is 2.00 bits per heavy atom. The van der Waals surface area contributed by atoms with Gasteiger partial charge in [-0.2, -0.15) is 4.39 Å². The Labute approximate surface area is 76.3 Å². The van der Waals surface area contributed by atoms with Gasteiger partial charge in [-0.05, 0) is 17.7 Å². The number of nitrogens with two attached hydrogens (primary N) is 1. The van der Waals surface area contributed by atoms with Gasteiger partial charge in [0.1, 0.15) is 0 Å². The smallest absolute Gasteiger partial charge is 0.206 e. The van der Waals surface area contributed by atoms with Gasteiger partial charge in [0.25, 0.3) is 0 Å². The highest BCUT2D eigenvalue weighted by Gasteiger charge is 2.10. The Bertz CT molecular complexity index is 277. The maximum absolute atomic E-state index is 13.3. The highest BCUT2D eigenvalue weighted by atomic mass is 19.1. The average molecular weight is 185 g/mol. The number of methoxy groups -OCH3 is 2. The van der Waals surface area contributed by atoms with Crippen LogP contribution in [0.4, 0.5) is 4.39 Å². The molecular formula is C9H12FNO2. The molecule has 0 saturated carbocycles. The van der Waals surface area contributed by atoms with E-state index >= 15 is 0 Å². The summed E-state index contributed by atoms with van der Waals surface area (Å²) >= 11 is 0. The molecule has 0 heterocycles. The first-order valence-electron chi connectivity index (χ1n) is 3.83. The average Bonchev–Trinajstić information content (AvgIpc) is 2.18. The van der Waals surface area contributed by atoms with Crippen LogP contribution in [0.5, 0.6) is 11.5 Å². The predicted octanol–water partition coefficient (Wildman–Crippen LogP) is 1.30. The van der Waals surface area contributed by atoms with Crippen molar-refractivity contribution in [2.75, 3.05) is 14.2 Å². The number of hydrogen-bond acceptors (Lipinski definition) is 3. The largest absolute Gasteiger partial charge is 0.494 e. The monoisotopic (exact) mass is 185 g/mol. The predicted molar refractivity (Wildman–Crippen MR) is 47.4 cm³/mol. The summed E-state index contributed by atoms with van der Waals surface area (Å²) in [5, 5.41) is 0. The lowest BCUT2D eigenvalue weighted by molar-refractivity contribution is 0.349. The Hall–Kier alpha value is -1.29. The summed E-state index contributed by atoms with van der Waals surface area (Å²) in [6.45, 7) is 0.326. The third-order valence-electron chi connectivity index (χ3n) is 1.74. The van der Waals surface area contributed by atoms with Crippen molar-refractivity contribution in [1.29, 1.82) is 0 Å². The first-order valence-corrected chi connectivity index (χ1v) is 3.83. The molecule has 0 unspecified atom stereocenters. The van der Waals surface area contributed by atoms with Crippen LogP contribution in [-0.2, 0) is 6.54 Å². The van der Waals surface area contributed by atoms with Crippen LogP contribution in [0, 0.1) is 5.82 Å². The standard InChI is InChI=1S/C9H12FNO2/c1-12-7-3-6(5-11)4-8(13-2)9(7)10/h3-4H,5,11H2,1-2H3. The lowest BCUT2D eigenvalue weighted by atomic mass is 10.2. The van der Waals surface area contributed by atoms with E-state index in [1.54, 1.807) is 12.1 Å². The second-order valence-corrected chi connectivity index (χ2v) is 2.52. The summed E-state index contributed by atoms with van der Waals surface area (Å²) in [6.07, 6.45) is 0. The Morgan fingerprint density at radius 1 is 1.23 bits per heavy atom. The van der Waals surface area contributed by atoms with E-state index in [1.807, 2.05) is 0 Å². The molecule has 0 spiro atoms. The molecule has 0 aliphatic carbocycles. The molecule has 0 aliphatic rings. The second kappa shape index (κ2) is 4.09. The fraction of sp³-hybridized carbons (Fsp3) is 0.333. The molecule has 72 valence electrons. The van der Waals surface area contributed by atoms with Gasteiger partial charge in [0, 0.05) is 6.54 Å². The van der Waals surface area contributed by atoms with Crippen LogP contribution in [0.15, 0.2) is 12.1 Å². The van der Waals surface area contributed by atoms with Crippen LogP contribution in [0.3, 0.4) is 0 Å². The van der Waals surface area contributed by atoms with Gasteiger partial charge in [0.15, 0.2) is 11.5 Å². The summed E-state index contributed by atoms with van der Waals surface area (Å²) in [5.74, 6) is -0.193. The summed E-state index contributed by atoms with van der Waals surface area (Å²) in [4.78, 5) is 0. The van der Waals surface area contributed by atoms with E-state index in [-0.39, 0.29) is 11.5 Å². The summed E-state index contributed by atoms with van der Waals surface area (Å²) in [5.41, 5.74) is 6.19. The molecule has 3 nitrogen and oxygen atoms in total. The van der Waals surface area contributed by atoms with Gasteiger partial charge in [0.2, 0.25) is 5.82 Å². The molecule has 0 atom stereocenters. The molecule has 0 fully saturated rings. The molecule has 13 heavy (non-hydrogen) atoms. The van der Waals surface area contributed by atoms with Crippen molar-refractivity contribution >= 4 is 0 Å². The molecule has 0 bridgehead atoms. The van der Waals surface area contributed by atoms with E-state index in [0.29, 0.717) is 6.54 Å². The fourth-order valence-electron chi connectivity index (χ4n) is 1.04. The summed E-state index contributed by atoms with van der Waals surface area (Å²) in [7, 11) is 2.80. The van der Waals surface area contributed by atoms with Crippen molar-refractivity contribution in [3.05, 3.63) is 23.5 Å². The molecule has 1 aromatic rings. The van der Waals surface area contributed by atoms with Crippen LogP contribution in [0.1, 0.15) is 5.56 Å². The van der Waals surface area contributed by atoms with Gasteiger partial charge < -0.3 is 15.2 Å². The highest BCUT2D eigenvalue weighted by Crippen LogP contribution is 2.27. The van der Waals surface area contributed by atoms with Gasteiger partial charge in [-0.3, -0.25) is 0 Å². The molecular weight excluding hydrogens is 173 g/mol. The molecule has 0 amide bonds. The molecule has 1 aromatic carbocycles. The van der Waals surface area contributed by atoms with Gasteiger partial charge in [-0.25, -0.2) is 0 Å². The first kappa shape index (κ1) is 9.80. The van der Waals surface area contributed by atoms with E-state index in [9.17, 15) is 4.39 Å². The molecule has 0 aliphatic heterocycles. The highest BCUT2D eigenvalue weighted by molar-refractivity contribution is 5.40. The molecule has 2 N–H and O–H groups in total. The Morgan fingerprint density at radius 2 is 1.69 bits per heavy atom. The Balaban J connectivity index is 3.20. The quantitative estimate of drug-likeness (QED) is 0.772. The maximum atomic E-state index is 13.3. The van der Waals surface area contributed by atoms with Crippen LogP contribution < -0.4 is 15.2 Å². The zero-order valence-electron chi connectivity index (χ0n) is 7.63. The maximum Gasteiger partial charge on any atom is 0.206 e. The number of halogens is 1. The normalized spacial score (nSPS) is 9.85. The first-order chi connectivity index (χ1) is 6.22. The van der Waals surface area contributed by atoms with Gasteiger partial charge in [-0.1, -0.05) is 0 Å². The van der Waals surface area contributed by atoms with E-state index in [1.165, 1.54) is 14.2 Å². The number of rotatable bonds is 3. The topological polar surface area (TPSA) is 44.5 Å². The zero-order chi connectivity index (χ0) is 9.84. The number of benzene rings is 1. The summed E-state index contributed by atoms with van der Waals surface area (Å²) < 4.78 is 22.9. The van der Waals surface area contributed by atoms with Crippen molar-refractivity contribution in [3.8, 4) is 11.5 Å². The third-order valence-corrected chi connectivity index (χ3v) is 1.74. The number of ether oxygens (including phenoxy) is 2. The number of hydrogen-bond donors (Lipinski definition) is 1. The second-order valence-electron chi connectivity index (χ2n) is 2.52. The van der Waals surface area contributed by atoms with Crippen molar-refractivity contribution in [2.45, 2.75) is 6.54 Å². The van der Waals surface area contributed by atoms with E-state index in [2.05, 4.69) is 0 Å². The minimum atomic E-state index is -0.498. The minimum Gasteiger partial charge on any atom is -0.494 e. The molecule has 0 saturated heterocycles. The van der Waals surface area contributed by atoms with E-state index in [0.717, 1.165) is 5.56 Å². The van der Waals surface area contributed by atoms with Crippen LogP contribution in [0.2, 0.25) is 0 Å². The lowest BCUT2D eigenvalue weighted by Gasteiger charge is -2.08. The molecule has 1 rings (SSSR count).